The van der Waals surface area contributed by atoms with E-state index in [-0.39, 0.29) is 6.61 Å². The molecule has 4 heteroatoms. The highest BCUT2D eigenvalue weighted by molar-refractivity contribution is 6.31. The van der Waals surface area contributed by atoms with Gasteiger partial charge in [0.2, 0.25) is 0 Å². The number of ether oxygens (including phenoxy) is 1. The SMILES string of the molecule is N#Cc1ccc(Oc2cccc(CO)c2)cc1Cl. The number of rotatable bonds is 3. The van der Waals surface area contributed by atoms with Crippen LogP contribution in [0.2, 0.25) is 5.02 Å². The molecule has 0 amide bonds. The predicted octanol–water partition coefficient (Wildman–Crippen LogP) is 3.50. The first-order valence-electron chi connectivity index (χ1n) is 5.30. The lowest BCUT2D eigenvalue weighted by molar-refractivity contribution is 0.281. The smallest absolute Gasteiger partial charge is 0.129 e. The van der Waals surface area contributed by atoms with Crippen LogP contribution in [0.3, 0.4) is 0 Å². The Morgan fingerprint density at radius 1 is 1.17 bits per heavy atom. The summed E-state index contributed by atoms with van der Waals surface area (Å²) < 4.78 is 5.60. The topological polar surface area (TPSA) is 53.2 Å². The van der Waals surface area contributed by atoms with Crippen LogP contribution in [0.4, 0.5) is 0 Å². The Morgan fingerprint density at radius 3 is 2.61 bits per heavy atom. The summed E-state index contributed by atoms with van der Waals surface area (Å²) in [6.45, 7) is -0.0364. The Labute approximate surface area is 110 Å². The zero-order valence-corrected chi connectivity index (χ0v) is 10.2. The molecule has 0 aliphatic rings. The number of halogens is 1. The molecule has 90 valence electrons. The molecule has 0 heterocycles. The normalized spacial score (nSPS) is 9.83. The molecule has 0 spiro atoms. The van der Waals surface area contributed by atoms with Crippen molar-refractivity contribution in [3.8, 4) is 17.6 Å². The van der Waals surface area contributed by atoms with E-state index in [0.717, 1.165) is 5.56 Å². The first-order valence-corrected chi connectivity index (χ1v) is 5.68. The zero-order valence-electron chi connectivity index (χ0n) is 9.43. The third-order valence-electron chi connectivity index (χ3n) is 2.38. The largest absolute Gasteiger partial charge is 0.457 e. The summed E-state index contributed by atoms with van der Waals surface area (Å²) in [5, 5.41) is 18.1. The van der Waals surface area contributed by atoms with Gasteiger partial charge in [-0.15, -0.1) is 0 Å². The molecule has 0 bridgehead atoms. The highest BCUT2D eigenvalue weighted by Gasteiger charge is 2.03. The van der Waals surface area contributed by atoms with Crippen LogP contribution in [0.15, 0.2) is 42.5 Å². The first-order chi connectivity index (χ1) is 8.72. The number of aliphatic hydroxyl groups excluding tert-OH is 1. The fraction of sp³-hybridized carbons (Fsp3) is 0.0714. The minimum Gasteiger partial charge on any atom is -0.457 e. The van der Waals surface area contributed by atoms with Crippen molar-refractivity contribution in [1.29, 1.82) is 5.26 Å². The summed E-state index contributed by atoms with van der Waals surface area (Å²) in [4.78, 5) is 0. The van der Waals surface area contributed by atoms with Gasteiger partial charge >= 0.3 is 0 Å². The number of nitriles is 1. The number of benzene rings is 2. The second kappa shape index (κ2) is 5.54. The van der Waals surface area contributed by atoms with Crippen molar-refractivity contribution in [2.45, 2.75) is 6.61 Å². The second-order valence-corrected chi connectivity index (χ2v) is 4.07. The molecule has 2 aromatic carbocycles. The summed E-state index contributed by atoms with van der Waals surface area (Å²) in [6.07, 6.45) is 0. The van der Waals surface area contributed by atoms with Gasteiger partial charge in [0.25, 0.3) is 0 Å². The molecule has 0 saturated heterocycles. The Morgan fingerprint density at radius 2 is 1.94 bits per heavy atom. The van der Waals surface area contributed by atoms with Gasteiger partial charge in [-0.05, 0) is 29.8 Å². The zero-order chi connectivity index (χ0) is 13.0. The van der Waals surface area contributed by atoms with E-state index in [1.54, 1.807) is 42.5 Å². The Hall–Kier alpha value is -2.02. The van der Waals surface area contributed by atoms with Crippen molar-refractivity contribution >= 4 is 11.6 Å². The lowest BCUT2D eigenvalue weighted by Gasteiger charge is -2.07. The fourth-order valence-electron chi connectivity index (χ4n) is 1.49. The summed E-state index contributed by atoms with van der Waals surface area (Å²) >= 11 is 5.91. The second-order valence-electron chi connectivity index (χ2n) is 3.66. The molecule has 3 nitrogen and oxygen atoms in total. The van der Waals surface area contributed by atoms with E-state index in [0.29, 0.717) is 22.1 Å². The van der Waals surface area contributed by atoms with E-state index in [4.69, 9.17) is 26.7 Å². The minimum absolute atomic E-state index is 0.0364. The predicted molar refractivity (Wildman–Crippen MR) is 68.6 cm³/mol. The molecule has 0 saturated carbocycles. The van der Waals surface area contributed by atoms with E-state index >= 15 is 0 Å². The molecule has 0 fully saturated rings. The average Bonchev–Trinajstić information content (AvgIpc) is 2.39. The molecule has 18 heavy (non-hydrogen) atoms. The van der Waals surface area contributed by atoms with Crippen molar-refractivity contribution in [2.75, 3.05) is 0 Å². The van der Waals surface area contributed by atoms with Crippen LogP contribution in [0.25, 0.3) is 0 Å². The van der Waals surface area contributed by atoms with Gasteiger partial charge < -0.3 is 9.84 Å². The number of hydrogen-bond acceptors (Lipinski definition) is 3. The molecule has 0 aromatic heterocycles. The van der Waals surface area contributed by atoms with Crippen molar-refractivity contribution in [3.05, 3.63) is 58.6 Å². The molecule has 0 atom stereocenters. The molecule has 2 rings (SSSR count). The lowest BCUT2D eigenvalue weighted by atomic mass is 10.2. The van der Waals surface area contributed by atoms with Crippen molar-refractivity contribution in [1.82, 2.24) is 0 Å². The molecule has 0 aliphatic heterocycles. The van der Waals surface area contributed by atoms with Gasteiger partial charge in [0.05, 0.1) is 17.2 Å². The third-order valence-corrected chi connectivity index (χ3v) is 2.69. The van der Waals surface area contributed by atoms with Gasteiger partial charge in [0.15, 0.2) is 0 Å². The molecule has 1 N–H and O–H groups in total. The van der Waals surface area contributed by atoms with Crippen LogP contribution >= 0.6 is 11.6 Å². The summed E-state index contributed by atoms with van der Waals surface area (Å²) in [6, 6.07) is 14.0. The first kappa shape index (κ1) is 12.4. The lowest BCUT2D eigenvalue weighted by Crippen LogP contribution is -1.88. The Balaban J connectivity index is 2.23. The monoisotopic (exact) mass is 259 g/mol. The number of hydrogen-bond donors (Lipinski definition) is 1. The third kappa shape index (κ3) is 2.80. The minimum atomic E-state index is -0.0364. The molecule has 0 unspecified atom stereocenters. The van der Waals surface area contributed by atoms with Crippen molar-refractivity contribution in [2.24, 2.45) is 0 Å². The average molecular weight is 260 g/mol. The summed E-state index contributed by atoms with van der Waals surface area (Å²) in [5.41, 5.74) is 1.18. The highest BCUT2D eigenvalue weighted by atomic mass is 35.5. The van der Waals surface area contributed by atoms with Crippen LogP contribution in [0.1, 0.15) is 11.1 Å². The van der Waals surface area contributed by atoms with Gasteiger partial charge in [-0.25, -0.2) is 0 Å². The van der Waals surface area contributed by atoms with Gasteiger partial charge in [-0.2, -0.15) is 5.26 Å². The van der Waals surface area contributed by atoms with Crippen molar-refractivity contribution in [3.63, 3.8) is 0 Å². The van der Waals surface area contributed by atoms with Crippen LogP contribution < -0.4 is 4.74 Å². The molecule has 0 radical (unpaired) electrons. The standard InChI is InChI=1S/C14H10ClNO2/c15-14-7-13(5-4-11(14)8-16)18-12-3-1-2-10(6-12)9-17/h1-7,17H,9H2. The Kier molecular flexibility index (Phi) is 3.83. The molecule has 2 aromatic rings. The van der Waals surface area contributed by atoms with Gasteiger partial charge in [-0.3, -0.25) is 0 Å². The molecular weight excluding hydrogens is 250 g/mol. The van der Waals surface area contributed by atoms with Crippen LogP contribution in [0.5, 0.6) is 11.5 Å². The number of aliphatic hydroxyl groups is 1. The summed E-state index contributed by atoms with van der Waals surface area (Å²) in [5.74, 6) is 1.16. The quantitative estimate of drug-likeness (QED) is 0.918. The fourth-order valence-corrected chi connectivity index (χ4v) is 1.71. The molecular formula is C14H10ClNO2. The van der Waals surface area contributed by atoms with Crippen LogP contribution in [0, 0.1) is 11.3 Å². The Bertz CT molecular complexity index is 605. The molecule has 0 aliphatic carbocycles. The van der Waals surface area contributed by atoms with Gasteiger partial charge in [0, 0.05) is 6.07 Å². The maximum absolute atomic E-state index is 9.03. The highest BCUT2D eigenvalue weighted by Crippen LogP contribution is 2.26. The summed E-state index contributed by atoms with van der Waals surface area (Å²) in [7, 11) is 0. The number of nitrogens with zero attached hydrogens (tertiary/aromatic N) is 1. The van der Waals surface area contributed by atoms with E-state index in [1.807, 2.05) is 6.07 Å². The van der Waals surface area contributed by atoms with E-state index in [1.165, 1.54) is 0 Å². The van der Waals surface area contributed by atoms with Crippen molar-refractivity contribution < 1.29 is 9.84 Å². The van der Waals surface area contributed by atoms with E-state index in [9.17, 15) is 0 Å². The maximum Gasteiger partial charge on any atom is 0.129 e. The van der Waals surface area contributed by atoms with Crippen LogP contribution in [-0.2, 0) is 6.61 Å². The van der Waals surface area contributed by atoms with Gasteiger partial charge in [-0.1, -0.05) is 23.7 Å². The van der Waals surface area contributed by atoms with E-state index < -0.39 is 0 Å². The van der Waals surface area contributed by atoms with E-state index in [2.05, 4.69) is 0 Å². The van der Waals surface area contributed by atoms with Crippen LogP contribution in [-0.4, -0.2) is 5.11 Å². The van der Waals surface area contributed by atoms with Gasteiger partial charge in [0.1, 0.15) is 17.6 Å². The maximum atomic E-state index is 9.03.